The Kier molecular flexibility index (Phi) is 6.61. The van der Waals surface area contributed by atoms with E-state index in [1.54, 1.807) is 6.07 Å². The maximum atomic E-state index is 13.8. The number of ether oxygens (including phenoxy) is 1. The van der Waals surface area contributed by atoms with Crippen LogP contribution in [0.4, 0.5) is 17.6 Å². The van der Waals surface area contributed by atoms with Crippen LogP contribution in [0.5, 0.6) is 5.75 Å². The quantitative estimate of drug-likeness (QED) is 0.625. The Balaban J connectivity index is 1.69. The molecule has 164 valence electrons. The molecule has 3 rings (SSSR count). The topological polar surface area (TPSA) is 49.9 Å². The van der Waals surface area contributed by atoms with Gasteiger partial charge in [0, 0.05) is 32.7 Å². The molecule has 2 aromatic rings. The second-order valence-corrected chi connectivity index (χ2v) is 9.13. The third kappa shape index (κ3) is 4.88. The summed E-state index contributed by atoms with van der Waals surface area (Å²) >= 11 is 5.57. The fraction of sp³-hybridized carbons (Fsp3) is 0.368. The molecule has 0 spiro atoms. The van der Waals surface area contributed by atoms with Gasteiger partial charge in [0.1, 0.15) is 0 Å². The molecule has 0 amide bonds. The number of hydrogen-bond acceptors (Lipinski definition) is 4. The van der Waals surface area contributed by atoms with E-state index < -0.39 is 37.5 Å². The fourth-order valence-corrected chi connectivity index (χ4v) is 4.90. The molecule has 5 nitrogen and oxygen atoms in total. The van der Waals surface area contributed by atoms with E-state index >= 15 is 0 Å². The highest BCUT2D eigenvalue weighted by Crippen LogP contribution is 2.36. The number of piperazine rings is 1. The highest BCUT2D eigenvalue weighted by molar-refractivity contribution is 7.89. The highest BCUT2D eigenvalue weighted by Gasteiger charge is 2.36. The van der Waals surface area contributed by atoms with Gasteiger partial charge in [-0.05, 0) is 35.9 Å². The molecule has 0 aromatic heterocycles. The average Bonchev–Trinajstić information content (AvgIpc) is 2.68. The first-order valence-electron chi connectivity index (χ1n) is 8.94. The molecule has 30 heavy (non-hydrogen) atoms. The van der Waals surface area contributed by atoms with E-state index in [0.29, 0.717) is 31.3 Å². The number of nitrogens with zero attached hydrogens (tertiary/aromatic N) is 2. The van der Waals surface area contributed by atoms with Gasteiger partial charge in [-0.1, -0.05) is 17.7 Å². The zero-order chi connectivity index (χ0) is 22.1. The van der Waals surface area contributed by atoms with Crippen molar-refractivity contribution in [3.05, 3.63) is 58.4 Å². The standard InChI is InChI=1S/C19H19ClF4N2O3S/c1-29-18-5-2-13(10-17(18)21)12-25-6-8-26(9-7-25)30(27,28)14-3-4-16(20)15(11-14)19(22,23)24/h2-5,10-11H,6-9,12H2,1H3. The van der Waals surface area contributed by atoms with Crippen molar-refractivity contribution in [3.8, 4) is 5.75 Å². The predicted molar refractivity (Wildman–Crippen MR) is 103 cm³/mol. The Morgan fingerprint density at radius 3 is 2.30 bits per heavy atom. The minimum absolute atomic E-state index is 0.102. The number of alkyl halides is 3. The lowest BCUT2D eigenvalue weighted by Crippen LogP contribution is -2.48. The molecule has 1 aliphatic heterocycles. The van der Waals surface area contributed by atoms with Gasteiger partial charge in [0.25, 0.3) is 0 Å². The van der Waals surface area contributed by atoms with Gasteiger partial charge >= 0.3 is 6.18 Å². The third-order valence-electron chi connectivity index (χ3n) is 4.83. The lowest BCUT2D eigenvalue weighted by atomic mass is 10.2. The molecule has 1 aliphatic rings. The van der Waals surface area contributed by atoms with Crippen LogP contribution < -0.4 is 4.74 Å². The summed E-state index contributed by atoms with van der Waals surface area (Å²) in [6.07, 6.45) is -4.76. The summed E-state index contributed by atoms with van der Waals surface area (Å²) in [4.78, 5) is 1.49. The number of halogens is 5. The van der Waals surface area contributed by atoms with Gasteiger partial charge < -0.3 is 4.74 Å². The predicted octanol–water partition coefficient (Wildman–Crippen LogP) is 4.01. The van der Waals surface area contributed by atoms with E-state index in [9.17, 15) is 26.0 Å². The SMILES string of the molecule is COc1ccc(CN2CCN(S(=O)(=O)c3ccc(Cl)c(C(F)(F)F)c3)CC2)cc1F. The largest absolute Gasteiger partial charge is 0.494 e. The highest BCUT2D eigenvalue weighted by atomic mass is 35.5. The molecule has 0 bridgehead atoms. The molecule has 0 atom stereocenters. The van der Waals surface area contributed by atoms with Crippen LogP contribution >= 0.6 is 11.6 Å². The van der Waals surface area contributed by atoms with Gasteiger partial charge in [-0.3, -0.25) is 4.90 Å². The fourth-order valence-electron chi connectivity index (χ4n) is 3.23. The molecule has 1 saturated heterocycles. The monoisotopic (exact) mass is 466 g/mol. The summed E-state index contributed by atoms with van der Waals surface area (Å²) in [6.45, 7) is 1.32. The molecule has 0 radical (unpaired) electrons. The zero-order valence-corrected chi connectivity index (χ0v) is 17.5. The Morgan fingerprint density at radius 2 is 1.73 bits per heavy atom. The Morgan fingerprint density at radius 1 is 1.07 bits per heavy atom. The van der Waals surface area contributed by atoms with Gasteiger partial charge in [-0.2, -0.15) is 17.5 Å². The zero-order valence-electron chi connectivity index (χ0n) is 15.9. The Hall–Kier alpha value is -1.88. The normalized spacial score (nSPS) is 16.6. The summed E-state index contributed by atoms with van der Waals surface area (Å²) in [5, 5.41) is -0.557. The first kappa shape index (κ1) is 22.8. The lowest BCUT2D eigenvalue weighted by molar-refractivity contribution is -0.137. The molecule has 0 aliphatic carbocycles. The van der Waals surface area contributed by atoms with Crippen LogP contribution in [0.1, 0.15) is 11.1 Å². The summed E-state index contributed by atoms with van der Waals surface area (Å²) < 4.78 is 84.6. The summed E-state index contributed by atoms with van der Waals surface area (Å²) in [7, 11) is -2.73. The van der Waals surface area contributed by atoms with Crippen LogP contribution in [-0.2, 0) is 22.7 Å². The van der Waals surface area contributed by atoms with Gasteiger partial charge in [-0.15, -0.1) is 0 Å². The van der Waals surface area contributed by atoms with Crippen LogP contribution in [0.15, 0.2) is 41.3 Å². The summed E-state index contributed by atoms with van der Waals surface area (Å²) in [5.41, 5.74) is -0.484. The van der Waals surface area contributed by atoms with Crippen molar-refractivity contribution in [1.29, 1.82) is 0 Å². The molecule has 1 heterocycles. The van der Waals surface area contributed by atoms with Crippen molar-refractivity contribution in [1.82, 2.24) is 9.21 Å². The van der Waals surface area contributed by atoms with Crippen molar-refractivity contribution in [2.24, 2.45) is 0 Å². The summed E-state index contributed by atoms with van der Waals surface area (Å²) in [6, 6.07) is 7.16. The van der Waals surface area contributed by atoms with Crippen LogP contribution in [0.3, 0.4) is 0 Å². The molecular formula is C19H19ClF4N2O3S. The smallest absolute Gasteiger partial charge is 0.417 e. The first-order valence-corrected chi connectivity index (χ1v) is 10.8. The van der Waals surface area contributed by atoms with Crippen molar-refractivity contribution >= 4 is 21.6 Å². The van der Waals surface area contributed by atoms with E-state index in [-0.39, 0.29) is 18.8 Å². The van der Waals surface area contributed by atoms with Gasteiger partial charge in [0.05, 0.1) is 22.6 Å². The summed E-state index contributed by atoms with van der Waals surface area (Å²) in [5.74, 6) is -0.352. The van der Waals surface area contributed by atoms with E-state index in [2.05, 4.69) is 0 Å². The number of benzene rings is 2. The number of sulfonamides is 1. The number of hydrogen-bond donors (Lipinski definition) is 0. The van der Waals surface area contributed by atoms with Crippen LogP contribution in [0, 0.1) is 5.82 Å². The van der Waals surface area contributed by atoms with Gasteiger partial charge in [0.2, 0.25) is 10.0 Å². The van der Waals surface area contributed by atoms with Crippen LogP contribution in [0.2, 0.25) is 5.02 Å². The number of rotatable bonds is 5. The van der Waals surface area contributed by atoms with Crippen LogP contribution in [0.25, 0.3) is 0 Å². The minimum atomic E-state index is -4.76. The maximum Gasteiger partial charge on any atom is 0.417 e. The van der Waals surface area contributed by atoms with Gasteiger partial charge in [-0.25, -0.2) is 12.8 Å². The van der Waals surface area contributed by atoms with E-state index in [0.717, 1.165) is 16.4 Å². The second-order valence-electron chi connectivity index (χ2n) is 6.79. The van der Waals surface area contributed by atoms with Crippen molar-refractivity contribution in [2.45, 2.75) is 17.6 Å². The van der Waals surface area contributed by atoms with Crippen molar-refractivity contribution in [2.75, 3.05) is 33.3 Å². The van der Waals surface area contributed by atoms with E-state index in [1.807, 2.05) is 4.90 Å². The molecule has 0 saturated carbocycles. The molecular weight excluding hydrogens is 448 g/mol. The van der Waals surface area contributed by atoms with Crippen molar-refractivity contribution in [3.63, 3.8) is 0 Å². The van der Waals surface area contributed by atoms with E-state index in [1.165, 1.54) is 19.2 Å². The maximum absolute atomic E-state index is 13.8. The molecule has 11 heteroatoms. The van der Waals surface area contributed by atoms with Gasteiger partial charge in [0.15, 0.2) is 11.6 Å². The van der Waals surface area contributed by atoms with Crippen molar-refractivity contribution < 1.29 is 30.7 Å². The molecule has 0 unspecified atom stereocenters. The average molecular weight is 467 g/mol. The minimum Gasteiger partial charge on any atom is -0.494 e. The van der Waals surface area contributed by atoms with Crippen LogP contribution in [-0.4, -0.2) is 50.9 Å². The third-order valence-corrected chi connectivity index (χ3v) is 7.06. The first-order chi connectivity index (χ1) is 14.0. The second kappa shape index (κ2) is 8.70. The Labute approximate surface area is 176 Å². The molecule has 0 N–H and O–H groups in total. The molecule has 2 aromatic carbocycles. The lowest BCUT2D eigenvalue weighted by Gasteiger charge is -2.34. The molecule has 1 fully saturated rings. The van der Waals surface area contributed by atoms with E-state index in [4.69, 9.17) is 16.3 Å². The Bertz CT molecular complexity index is 1020. The number of methoxy groups -OCH3 is 1.